The summed E-state index contributed by atoms with van der Waals surface area (Å²) < 4.78 is 5.79. The molecule has 2 rings (SSSR count). The molecule has 1 saturated heterocycles. The van der Waals surface area contributed by atoms with Crippen molar-refractivity contribution in [2.45, 2.75) is 39.7 Å². The van der Waals surface area contributed by atoms with Gasteiger partial charge in [0, 0.05) is 25.6 Å². The first-order chi connectivity index (χ1) is 11.4. The van der Waals surface area contributed by atoms with Gasteiger partial charge in [-0.3, -0.25) is 0 Å². The average molecular weight is 330 g/mol. The summed E-state index contributed by atoms with van der Waals surface area (Å²) in [6, 6.07) is 8.09. The Bertz CT molecular complexity index is 579. The van der Waals surface area contributed by atoms with E-state index < -0.39 is 0 Å². The maximum Gasteiger partial charge on any atom is 0.0991 e. The van der Waals surface area contributed by atoms with Gasteiger partial charge in [-0.25, -0.2) is 0 Å². The van der Waals surface area contributed by atoms with E-state index in [4.69, 9.17) is 10.00 Å². The number of nitriles is 1. The molecule has 1 N–H and O–H groups in total. The number of likely N-dealkylation sites (tertiary alicyclic amines) is 1. The summed E-state index contributed by atoms with van der Waals surface area (Å²) in [5, 5.41) is 19.0. The lowest BCUT2D eigenvalue weighted by molar-refractivity contribution is 0.0452. The molecule has 4 heteroatoms. The third-order valence-electron chi connectivity index (χ3n) is 4.89. The van der Waals surface area contributed by atoms with Crippen molar-refractivity contribution in [1.82, 2.24) is 4.90 Å². The van der Waals surface area contributed by atoms with Crippen LogP contribution in [0.25, 0.3) is 0 Å². The predicted molar refractivity (Wildman–Crippen MR) is 95.9 cm³/mol. The number of ether oxygens (including phenoxy) is 1. The topological polar surface area (TPSA) is 56.5 Å². The van der Waals surface area contributed by atoms with E-state index in [1.54, 1.807) is 0 Å². The summed E-state index contributed by atoms with van der Waals surface area (Å²) in [5.74, 6) is 1.21. The fourth-order valence-corrected chi connectivity index (χ4v) is 3.52. The largest absolute Gasteiger partial charge is 0.396 e. The van der Waals surface area contributed by atoms with E-state index >= 15 is 0 Å². The van der Waals surface area contributed by atoms with Crippen molar-refractivity contribution in [3.05, 3.63) is 34.9 Å². The Hall–Kier alpha value is -1.41. The SMILES string of the molecule is Cc1cc(C#N)cc(C(CO)CN2CC(C)C(COC(C)C)C2)c1. The minimum atomic E-state index is 0.0500. The monoisotopic (exact) mass is 330 g/mol. The molecule has 1 aliphatic rings. The fourth-order valence-electron chi connectivity index (χ4n) is 3.52. The van der Waals surface area contributed by atoms with Crippen LogP contribution in [0.15, 0.2) is 18.2 Å². The minimum absolute atomic E-state index is 0.0500. The third kappa shape index (κ3) is 5.04. The second kappa shape index (κ2) is 8.62. The number of aliphatic hydroxyl groups is 1. The van der Waals surface area contributed by atoms with Crippen LogP contribution in [-0.4, -0.2) is 49.0 Å². The van der Waals surface area contributed by atoms with Gasteiger partial charge in [0.05, 0.1) is 31.0 Å². The van der Waals surface area contributed by atoms with Crippen LogP contribution in [0.1, 0.15) is 43.4 Å². The summed E-state index contributed by atoms with van der Waals surface area (Å²) in [4.78, 5) is 2.42. The van der Waals surface area contributed by atoms with Gasteiger partial charge in [-0.05, 0) is 55.9 Å². The van der Waals surface area contributed by atoms with E-state index in [2.05, 4.69) is 37.8 Å². The first-order valence-corrected chi connectivity index (χ1v) is 8.89. The van der Waals surface area contributed by atoms with E-state index in [0.29, 0.717) is 17.4 Å². The second-order valence-electron chi connectivity index (χ2n) is 7.46. The van der Waals surface area contributed by atoms with Crippen molar-refractivity contribution in [1.29, 1.82) is 5.26 Å². The number of aryl methyl sites for hydroxylation is 1. The van der Waals surface area contributed by atoms with Crippen LogP contribution in [0.3, 0.4) is 0 Å². The van der Waals surface area contributed by atoms with Crippen molar-refractivity contribution >= 4 is 0 Å². The summed E-state index contributed by atoms with van der Waals surface area (Å²) in [5.41, 5.74) is 2.80. The molecule has 0 amide bonds. The highest BCUT2D eigenvalue weighted by Crippen LogP contribution is 2.27. The number of hydrogen-bond donors (Lipinski definition) is 1. The summed E-state index contributed by atoms with van der Waals surface area (Å²) in [6.45, 7) is 12.2. The predicted octanol–water partition coefficient (Wildman–Crippen LogP) is 2.94. The summed E-state index contributed by atoms with van der Waals surface area (Å²) in [7, 11) is 0. The van der Waals surface area contributed by atoms with Gasteiger partial charge in [0.25, 0.3) is 0 Å². The summed E-state index contributed by atoms with van der Waals surface area (Å²) >= 11 is 0. The Labute approximate surface area is 146 Å². The maximum absolute atomic E-state index is 9.87. The number of rotatable bonds is 7. The Kier molecular flexibility index (Phi) is 6.79. The lowest BCUT2D eigenvalue weighted by atomic mass is 9.95. The number of hydrogen-bond acceptors (Lipinski definition) is 4. The molecule has 1 aromatic rings. The van der Waals surface area contributed by atoms with E-state index in [1.165, 1.54) is 0 Å². The van der Waals surface area contributed by atoms with E-state index in [-0.39, 0.29) is 18.6 Å². The van der Waals surface area contributed by atoms with Gasteiger partial charge >= 0.3 is 0 Å². The molecule has 0 spiro atoms. The average Bonchev–Trinajstić information content (AvgIpc) is 2.89. The first-order valence-electron chi connectivity index (χ1n) is 8.89. The van der Waals surface area contributed by atoms with Crippen molar-refractivity contribution in [3.8, 4) is 6.07 Å². The molecule has 1 aromatic carbocycles. The lowest BCUT2D eigenvalue weighted by Gasteiger charge is -2.23. The standard InChI is InChI=1S/C20H30N2O2/c1-14(2)24-13-20-11-22(9-16(20)4)10-19(12-23)18-6-15(3)5-17(7-18)8-21/h5-7,14,16,19-20,23H,9-13H2,1-4H3. The van der Waals surface area contributed by atoms with Crippen LogP contribution >= 0.6 is 0 Å². The molecular formula is C20H30N2O2. The second-order valence-corrected chi connectivity index (χ2v) is 7.46. The van der Waals surface area contributed by atoms with Crippen molar-refractivity contribution in [2.24, 2.45) is 11.8 Å². The molecule has 1 fully saturated rings. The van der Waals surface area contributed by atoms with Crippen LogP contribution in [0.5, 0.6) is 0 Å². The van der Waals surface area contributed by atoms with Crippen LogP contribution in [-0.2, 0) is 4.74 Å². The van der Waals surface area contributed by atoms with Gasteiger partial charge in [-0.1, -0.05) is 13.0 Å². The zero-order valence-corrected chi connectivity index (χ0v) is 15.3. The zero-order chi connectivity index (χ0) is 17.7. The molecular weight excluding hydrogens is 300 g/mol. The van der Waals surface area contributed by atoms with Gasteiger partial charge in [0.2, 0.25) is 0 Å². The Morgan fingerprint density at radius 2 is 2.08 bits per heavy atom. The first kappa shape index (κ1) is 18.9. The normalized spacial score (nSPS) is 22.7. The highest BCUT2D eigenvalue weighted by Gasteiger charge is 2.31. The molecule has 1 aliphatic heterocycles. The molecule has 0 aliphatic carbocycles. The van der Waals surface area contributed by atoms with E-state index in [9.17, 15) is 5.11 Å². The van der Waals surface area contributed by atoms with Gasteiger partial charge in [0.1, 0.15) is 0 Å². The molecule has 132 valence electrons. The molecule has 3 unspecified atom stereocenters. The maximum atomic E-state index is 9.87. The number of benzene rings is 1. The smallest absolute Gasteiger partial charge is 0.0991 e. The van der Waals surface area contributed by atoms with Crippen LogP contribution in [0.2, 0.25) is 0 Å². The molecule has 4 nitrogen and oxygen atoms in total. The van der Waals surface area contributed by atoms with Crippen molar-refractivity contribution in [2.75, 3.05) is 32.8 Å². The highest BCUT2D eigenvalue weighted by molar-refractivity contribution is 5.38. The van der Waals surface area contributed by atoms with Crippen LogP contribution < -0.4 is 0 Å². The highest BCUT2D eigenvalue weighted by atomic mass is 16.5. The Morgan fingerprint density at radius 3 is 2.71 bits per heavy atom. The minimum Gasteiger partial charge on any atom is -0.396 e. The van der Waals surface area contributed by atoms with E-state index in [0.717, 1.165) is 37.4 Å². The Morgan fingerprint density at radius 1 is 1.33 bits per heavy atom. The number of nitrogens with zero attached hydrogens (tertiary/aromatic N) is 2. The molecule has 1 heterocycles. The van der Waals surface area contributed by atoms with Gasteiger partial charge in [0.15, 0.2) is 0 Å². The van der Waals surface area contributed by atoms with Crippen LogP contribution in [0, 0.1) is 30.1 Å². The van der Waals surface area contributed by atoms with Gasteiger partial charge in [-0.15, -0.1) is 0 Å². The van der Waals surface area contributed by atoms with E-state index in [1.807, 2.05) is 19.1 Å². The third-order valence-corrected chi connectivity index (χ3v) is 4.89. The Balaban J connectivity index is 2.01. The quantitative estimate of drug-likeness (QED) is 0.835. The van der Waals surface area contributed by atoms with Gasteiger partial charge in [-0.2, -0.15) is 5.26 Å². The molecule has 0 aromatic heterocycles. The molecule has 0 saturated carbocycles. The lowest BCUT2D eigenvalue weighted by Crippen LogP contribution is -2.29. The summed E-state index contributed by atoms with van der Waals surface area (Å²) in [6.07, 6.45) is 0.271. The number of aliphatic hydroxyl groups excluding tert-OH is 1. The molecule has 0 bridgehead atoms. The molecule has 3 atom stereocenters. The van der Waals surface area contributed by atoms with Crippen molar-refractivity contribution in [3.63, 3.8) is 0 Å². The van der Waals surface area contributed by atoms with Crippen LogP contribution in [0.4, 0.5) is 0 Å². The zero-order valence-electron chi connectivity index (χ0n) is 15.3. The van der Waals surface area contributed by atoms with Gasteiger partial charge < -0.3 is 14.7 Å². The molecule has 24 heavy (non-hydrogen) atoms. The molecule has 0 radical (unpaired) electrons. The van der Waals surface area contributed by atoms with Crippen molar-refractivity contribution < 1.29 is 9.84 Å². The fraction of sp³-hybridized carbons (Fsp3) is 0.650.